The van der Waals surface area contributed by atoms with Crippen LogP contribution in [0.3, 0.4) is 0 Å². The van der Waals surface area contributed by atoms with E-state index in [9.17, 15) is 22.4 Å². The van der Waals surface area contributed by atoms with E-state index in [0.29, 0.717) is 0 Å². The Labute approximate surface area is 159 Å². The number of sulfonamides is 1. The van der Waals surface area contributed by atoms with Gasteiger partial charge in [0, 0.05) is 18.6 Å². The van der Waals surface area contributed by atoms with Gasteiger partial charge in [-0.2, -0.15) is 4.31 Å². The second-order valence-electron chi connectivity index (χ2n) is 7.02. The van der Waals surface area contributed by atoms with Crippen LogP contribution in [-0.2, 0) is 19.6 Å². The summed E-state index contributed by atoms with van der Waals surface area (Å²) >= 11 is 0. The average Bonchev–Trinajstić information content (AvgIpc) is 2.54. The molecule has 1 atom stereocenters. The van der Waals surface area contributed by atoms with E-state index in [0.717, 1.165) is 18.2 Å². The Bertz CT molecular complexity index is 798. The van der Waals surface area contributed by atoms with E-state index in [1.165, 1.54) is 11.2 Å². The summed E-state index contributed by atoms with van der Waals surface area (Å²) in [4.78, 5) is 24.1. The number of nitrogens with one attached hydrogen (secondary N) is 1. The van der Waals surface area contributed by atoms with Gasteiger partial charge in [0.25, 0.3) is 5.91 Å². The van der Waals surface area contributed by atoms with Crippen molar-refractivity contribution >= 4 is 21.9 Å². The van der Waals surface area contributed by atoms with Crippen LogP contribution in [0.1, 0.15) is 51.9 Å². The number of rotatable bonds is 7. The molecule has 0 aliphatic rings. The molecule has 1 N–H and O–H groups in total. The summed E-state index contributed by atoms with van der Waals surface area (Å²) < 4.78 is 45.4. The molecule has 0 spiro atoms. The molecule has 27 heavy (non-hydrogen) atoms. The summed E-state index contributed by atoms with van der Waals surface area (Å²) in [6, 6.07) is 2.92. The van der Waals surface area contributed by atoms with Gasteiger partial charge in [0.15, 0.2) is 6.10 Å². The van der Waals surface area contributed by atoms with Gasteiger partial charge in [0.1, 0.15) is 5.82 Å². The Morgan fingerprint density at radius 2 is 1.78 bits per heavy atom. The summed E-state index contributed by atoms with van der Waals surface area (Å²) in [5.41, 5.74) is -1.07. The lowest BCUT2D eigenvalue weighted by Gasteiger charge is -2.23. The summed E-state index contributed by atoms with van der Waals surface area (Å²) in [5, 5.41) is 2.64. The average molecular weight is 402 g/mol. The lowest BCUT2D eigenvalue weighted by molar-refractivity contribution is -0.130. The summed E-state index contributed by atoms with van der Waals surface area (Å²) in [6.45, 7) is 10.5. The van der Waals surface area contributed by atoms with Crippen molar-refractivity contribution in [1.82, 2.24) is 9.62 Å². The second kappa shape index (κ2) is 8.79. The third-order valence-corrected chi connectivity index (χ3v) is 5.70. The number of esters is 1. The molecule has 1 rings (SSSR count). The predicted octanol–water partition coefficient (Wildman–Crippen LogP) is 2.32. The van der Waals surface area contributed by atoms with Crippen molar-refractivity contribution in [3.05, 3.63) is 29.6 Å². The van der Waals surface area contributed by atoms with Crippen LogP contribution in [0, 0.1) is 5.82 Å². The van der Waals surface area contributed by atoms with Gasteiger partial charge in [-0.3, -0.25) is 4.79 Å². The number of hydrogen-bond acceptors (Lipinski definition) is 5. The summed E-state index contributed by atoms with van der Waals surface area (Å²) in [6.07, 6.45) is -1.17. The zero-order valence-electron chi connectivity index (χ0n) is 16.5. The quantitative estimate of drug-likeness (QED) is 0.707. The minimum absolute atomic E-state index is 0.216. The highest BCUT2D eigenvalue weighted by Gasteiger charge is 2.27. The third-order valence-electron chi connectivity index (χ3n) is 3.65. The molecule has 1 aromatic carbocycles. The van der Waals surface area contributed by atoms with E-state index in [1.807, 2.05) is 0 Å². The fourth-order valence-electron chi connectivity index (χ4n) is 2.28. The van der Waals surface area contributed by atoms with Gasteiger partial charge in [-0.1, -0.05) is 13.8 Å². The second-order valence-corrected chi connectivity index (χ2v) is 8.96. The zero-order valence-corrected chi connectivity index (χ0v) is 17.3. The molecule has 0 aliphatic heterocycles. The molecular formula is C18H27FN2O5S. The van der Waals surface area contributed by atoms with Crippen molar-refractivity contribution in [2.45, 2.75) is 58.1 Å². The molecule has 0 aromatic heterocycles. The zero-order chi connectivity index (χ0) is 21.0. The van der Waals surface area contributed by atoms with Crippen molar-refractivity contribution in [2.75, 3.05) is 13.1 Å². The first-order valence-electron chi connectivity index (χ1n) is 8.66. The van der Waals surface area contributed by atoms with Crippen LogP contribution in [0.25, 0.3) is 0 Å². The number of carbonyl (C=O) groups is 2. The Hall–Kier alpha value is -2.00. The highest BCUT2D eigenvalue weighted by Crippen LogP contribution is 2.20. The molecule has 7 nitrogen and oxygen atoms in total. The van der Waals surface area contributed by atoms with E-state index in [-0.39, 0.29) is 18.0 Å². The molecule has 0 unspecified atom stereocenters. The number of carbonyl (C=O) groups excluding carboxylic acids is 2. The van der Waals surface area contributed by atoms with Crippen LogP contribution in [0.15, 0.2) is 23.1 Å². The molecule has 0 saturated carbocycles. The van der Waals surface area contributed by atoms with E-state index in [1.54, 1.807) is 34.6 Å². The van der Waals surface area contributed by atoms with Crippen molar-refractivity contribution in [1.29, 1.82) is 0 Å². The van der Waals surface area contributed by atoms with Crippen LogP contribution in [0.2, 0.25) is 0 Å². The number of amides is 1. The lowest BCUT2D eigenvalue weighted by Crippen LogP contribution is -2.46. The standard InChI is InChI=1S/C18H27FN2O5S/c1-7-21(8-2)27(24,25)13-9-10-15(19)14(11-13)17(23)26-12(3)16(22)20-18(4,5)6/h9-12H,7-8H2,1-6H3,(H,20,22)/t12-/m0/s1. The van der Waals surface area contributed by atoms with Crippen molar-refractivity contribution < 1.29 is 27.1 Å². The van der Waals surface area contributed by atoms with Crippen LogP contribution in [-0.4, -0.2) is 49.3 Å². The molecule has 0 heterocycles. The Morgan fingerprint density at radius 1 is 1.22 bits per heavy atom. The minimum Gasteiger partial charge on any atom is -0.449 e. The van der Waals surface area contributed by atoms with Gasteiger partial charge in [-0.05, 0) is 45.9 Å². The first-order chi connectivity index (χ1) is 12.3. The lowest BCUT2D eigenvalue weighted by atomic mass is 10.1. The Kier molecular flexibility index (Phi) is 7.50. The number of benzene rings is 1. The van der Waals surface area contributed by atoms with Gasteiger partial charge in [0.05, 0.1) is 10.5 Å². The first-order valence-corrected chi connectivity index (χ1v) is 10.1. The fraction of sp³-hybridized carbons (Fsp3) is 0.556. The number of ether oxygens (including phenoxy) is 1. The van der Waals surface area contributed by atoms with Crippen LogP contribution in [0.4, 0.5) is 4.39 Å². The Morgan fingerprint density at radius 3 is 2.26 bits per heavy atom. The summed E-state index contributed by atoms with van der Waals surface area (Å²) in [7, 11) is -3.86. The third kappa shape index (κ3) is 6.00. The number of halogens is 1. The monoisotopic (exact) mass is 402 g/mol. The molecule has 0 saturated heterocycles. The number of hydrogen-bond donors (Lipinski definition) is 1. The molecule has 0 radical (unpaired) electrons. The molecule has 1 amide bonds. The highest BCUT2D eigenvalue weighted by molar-refractivity contribution is 7.89. The van der Waals surface area contributed by atoms with Gasteiger partial charge < -0.3 is 10.1 Å². The van der Waals surface area contributed by atoms with E-state index < -0.39 is 44.9 Å². The van der Waals surface area contributed by atoms with Gasteiger partial charge >= 0.3 is 5.97 Å². The maximum atomic E-state index is 14.1. The molecule has 1 aromatic rings. The topological polar surface area (TPSA) is 92.8 Å². The van der Waals surface area contributed by atoms with Gasteiger partial charge in [-0.25, -0.2) is 17.6 Å². The molecule has 0 bridgehead atoms. The molecule has 0 fully saturated rings. The van der Waals surface area contributed by atoms with Crippen molar-refractivity contribution in [2.24, 2.45) is 0 Å². The normalized spacial score (nSPS) is 13.3. The van der Waals surface area contributed by atoms with Crippen molar-refractivity contribution in [3.8, 4) is 0 Å². The van der Waals surface area contributed by atoms with E-state index in [2.05, 4.69) is 5.32 Å². The SMILES string of the molecule is CCN(CC)S(=O)(=O)c1ccc(F)c(C(=O)O[C@@H](C)C(=O)NC(C)(C)C)c1. The molecule has 0 aliphatic carbocycles. The van der Waals surface area contributed by atoms with Gasteiger partial charge in [0.2, 0.25) is 10.0 Å². The minimum atomic E-state index is -3.86. The maximum Gasteiger partial charge on any atom is 0.341 e. The molecule has 152 valence electrons. The highest BCUT2D eigenvalue weighted by atomic mass is 32.2. The van der Waals surface area contributed by atoms with Crippen LogP contribution >= 0.6 is 0 Å². The Balaban J connectivity index is 3.10. The largest absolute Gasteiger partial charge is 0.449 e. The number of nitrogens with zero attached hydrogens (tertiary/aromatic N) is 1. The smallest absolute Gasteiger partial charge is 0.341 e. The van der Waals surface area contributed by atoms with Crippen molar-refractivity contribution in [3.63, 3.8) is 0 Å². The predicted molar refractivity (Wildman–Crippen MR) is 99.3 cm³/mol. The van der Waals surface area contributed by atoms with E-state index >= 15 is 0 Å². The fourth-order valence-corrected chi connectivity index (χ4v) is 3.77. The van der Waals surface area contributed by atoms with Crippen LogP contribution < -0.4 is 5.32 Å². The first kappa shape index (κ1) is 23.0. The summed E-state index contributed by atoms with van der Waals surface area (Å²) in [5.74, 6) is -2.58. The van der Waals surface area contributed by atoms with Gasteiger partial charge in [-0.15, -0.1) is 0 Å². The molecular weight excluding hydrogens is 375 g/mol. The maximum absolute atomic E-state index is 14.1. The van der Waals surface area contributed by atoms with E-state index in [4.69, 9.17) is 4.74 Å². The van der Waals surface area contributed by atoms with Crippen LogP contribution in [0.5, 0.6) is 0 Å². The molecule has 9 heteroatoms.